The van der Waals surface area contributed by atoms with E-state index in [4.69, 9.17) is 0 Å². The van der Waals surface area contributed by atoms with Crippen molar-refractivity contribution in [2.24, 2.45) is 0 Å². The number of aliphatic hydroxyl groups is 1. The van der Waals surface area contributed by atoms with Crippen LogP contribution in [0.25, 0.3) is 0 Å². The molecule has 112 valence electrons. The van der Waals surface area contributed by atoms with Gasteiger partial charge in [0.15, 0.2) is 5.78 Å². The Morgan fingerprint density at radius 1 is 1.05 bits per heavy atom. The van der Waals surface area contributed by atoms with Gasteiger partial charge in [0.2, 0.25) is 0 Å². The third-order valence-electron chi connectivity index (χ3n) is 3.19. The average molecular weight is 295 g/mol. The molecule has 1 amide bonds. The van der Waals surface area contributed by atoms with Gasteiger partial charge >= 0.3 is 0 Å². The molecule has 4 heteroatoms. The highest BCUT2D eigenvalue weighted by Crippen LogP contribution is 2.23. The first-order valence-electron chi connectivity index (χ1n) is 6.84. The molecule has 0 saturated heterocycles. The van der Waals surface area contributed by atoms with E-state index < -0.39 is 11.9 Å². The molecule has 0 aliphatic heterocycles. The zero-order chi connectivity index (χ0) is 16.1. The van der Waals surface area contributed by atoms with E-state index in [0.29, 0.717) is 16.8 Å². The van der Waals surface area contributed by atoms with E-state index in [1.54, 1.807) is 55.5 Å². The van der Waals surface area contributed by atoms with Gasteiger partial charge in [-0.1, -0.05) is 49.0 Å². The molecule has 1 atom stereocenters. The number of anilines is 1. The number of ketones is 1. The number of amides is 1. The molecule has 4 nitrogen and oxygen atoms in total. The number of para-hydroxylation sites is 1. The molecule has 0 spiro atoms. The van der Waals surface area contributed by atoms with Crippen LogP contribution in [-0.4, -0.2) is 16.8 Å². The van der Waals surface area contributed by atoms with Crippen molar-refractivity contribution in [3.05, 3.63) is 77.9 Å². The number of nitrogens with one attached hydrogen (secondary N) is 1. The lowest BCUT2D eigenvalue weighted by atomic mass is 9.98. The van der Waals surface area contributed by atoms with Crippen molar-refractivity contribution in [1.29, 1.82) is 0 Å². The maximum Gasteiger partial charge on any atom is 0.250 e. The number of aliphatic hydroxyl groups excluding tert-OH is 1. The second-order valence-electron chi connectivity index (χ2n) is 4.96. The van der Waals surface area contributed by atoms with Gasteiger partial charge in [0.25, 0.3) is 5.91 Å². The topological polar surface area (TPSA) is 66.4 Å². The van der Waals surface area contributed by atoms with Crippen molar-refractivity contribution in [2.45, 2.75) is 13.0 Å². The summed E-state index contributed by atoms with van der Waals surface area (Å²) in [6.07, 6.45) is -1.27. The maximum absolute atomic E-state index is 12.5. The van der Waals surface area contributed by atoms with E-state index in [1.165, 1.54) is 0 Å². The fourth-order valence-electron chi connectivity index (χ4n) is 1.97. The molecule has 0 aliphatic rings. The largest absolute Gasteiger partial charge is 0.380 e. The molecule has 0 bridgehead atoms. The zero-order valence-electron chi connectivity index (χ0n) is 12.2. The summed E-state index contributed by atoms with van der Waals surface area (Å²) in [7, 11) is 0. The first-order chi connectivity index (χ1) is 10.5. The number of carbonyl (C=O) groups excluding carboxylic acids is 2. The van der Waals surface area contributed by atoms with Crippen LogP contribution in [0, 0.1) is 0 Å². The molecule has 0 aliphatic carbocycles. The van der Waals surface area contributed by atoms with Crippen LogP contribution in [0.4, 0.5) is 5.69 Å². The highest BCUT2D eigenvalue weighted by molar-refractivity contribution is 6.10. The summed E-state index contributed by atoms with van der Waals surface area (Å²) in [4.78, 5) is 24.2. The Labute approximate surface area is 129 Å². The van der Waals surface area contributed by atoms with Crippen LogP contribution in [0.5, 0.6) is 0 Å². The fraction of sp³-hybridized carbons (Fsp3) is 0.111. The van der Waals surface area contributed by atoms with Gasteiger partial charge in [-0.2, -0.15) is 0 Å². The van der Waals surface area contributed by atoms with Gasteiger partial charge < -0.3 is 10.4 Å². The van der Waals surface area contributed by atoms with E-state index in [0.717, 1.165) is 0 Å². The number of carbonyl (C=O) groups is 2. The van der Waals surface area contributed by atoms with Crippen LogP contribution < -0.4 is 5.32 Å². The van der Waals surface area contributed by atoms with Gasteiger partial charge in [-0.15, -0.1) is 0 Å². The van der Waals surface area contributed by atoms with Crippen LogP contribution in [0.1, 0.15) is 28.9 Å². The normalized spacial score (nSPS) is 11.5. The summed E-state index contributed by atoms with van der Waals surface area (Å²) in [5.41, 5.74) is 1.46. The summed E-state index contributed by atoms with van der Waals surface area (Å²) in [6.45, 7) is 5.14. The van der Waals surface area contributed by atoms with Crippen molar-refractivity contribution >= 4 is 17.4 Å². The van der Waals surface area contributed by atoms with Crippen molar-refractivity contribution in [3.8, 4) is 0 Å². The third-order valence-corrected chi connectivity index (χ3v) is 3.19. The SMILES string of the molecule is C=C(C)C(=O)Nc1ccccc1C(=O)C(O)c1ccccc1. The van der Waals surface area contributed by atoms with Gasteiger partial charge in [-0.25, -0.2) is 0 Å². The van der Waals surface area contributed by atoms with Gasteiger partial charge in [0, 0.05) is 11.1 Å². The van der Waals surface area contributed by atoms with E-state index in [2.05, 4.69) is 11.9 Å². The first kappa shape index (κ1) is 15.7. The summed E-state index contributed by atoms with van der Waals surface area (Å²) in [5, 5.41) is 12.9. The third kappa shape index (κ3) is 3.48. The molecule has 0 radical (unpaired) electrons. The highest BCUT2D eigenvalue weighted by Gasteiger charge is 2.22. The first-order valence-corrected chi connectivity index (χ1v) is 6.84. The Morgan fingerprint density at radius 2 is 1.64 bits per heavy atom. The van der Waals surface area contributed by atoms with E-state index in [-0.39, 0.29) is 11.5 Å². The van der Waals surface area contributed by atoms with Crippen molar-refractivity contribution in [2.75, 3.05) is 5.32 Å². The van der Waals surface area contributed by atoms with Crippen LogP contribution in [-0.2, 0) is 4.79 Å². The molecular weight excluding hydrogens is 278 g/mol. The second-order valence-corrected chi connectivity index (χ2v) is 4.96. The minimum Gasteiger partial charge on any atom is -0.380 e. The molecule has 2 rings (SSSR count). The average Bonchev–Trinajstić information content (AvgIpc) is 2.54. The van der Waals surface area contributed by atoms with Crippen LogP contribution in [0.15, 0.2) is 66.7 Å². The van der Waals surface area contributed by atoms with Gasteiger partial charge in [0.1, 0.15) is 6.10 Å². The molecule has 2 aromatic rings. The molecule has 1 unspecified atom stereocenters. The molecular formula is C18H17NO3. The summed E-state index contributed by atoms with van der Waals surface area (Å²) >= 11 is 0. The summed E-state index contributed by atoms with van der Waals surface area (Å²) in [6, 6.07) is 15.2. The minimum absolute atomic E-state index is 0.258. The standard InChI is InChI=1S/C18H17NO3/c1-12(2)18(22)19-15-11-7-6-10-14(15)17(21)16(20)13-8-4-3-5-9-13/h3-11,16,20H,1H2,2H3,(H,19,22). The van der Waals surface area contributed by atoms with Gasteiger partial charge in [-0.05, 0) is 24.6 Å². The molecule has 0 saturated carbocycles. The number of hydrogen-bond acceptors (Lipinski definition) is 3. The maximum atomic E-state index is 12.5. The van der Waals surface area contributed by atoms with Crippen LogP contribution in [0.3, 0.4) is 0 Å². The van der Waals surface area contributed by atoms with Crippen LogP contribution in [0.2, 0.25) is 0 Å². The molecule has 0 aromatic heterocycles. The predicted molar refractivity (Wildman–Crippen MR) is 85.6 cm³/mol. The van der Waals surface area contributed by atoms with E-state index >= 15 is 0 Å². The zero-order valence-corrected chi connectivity index (χ0v) is 12.2. The van der Waals surface area contributed by atoms with E-state index in [9.17, 15) is 14.7 Å². The molecule has 0 fully saturated rings. The second kappa shape index (κ2) is 6.83. The Balaban J connectivity index is 2.30. The van der Waals surface area contributed by atoms with Crippen molar-refractivity contribution in [3.63, 3.8) is 0 Å². The summed E-state index contributed by atoms with van der Waals surface area (Å²) in [5.74, 6) is -0.835. The van der Waals surface area contributed by atoms with Crippen LogP contribution >= 0.6 is 0 Å². The van der Waals surface area contributed by atoms with Crippen molar-refractivity contribution in [1.82, 2.24) is 0 Å². The highest BCUT2D eigenvalue weighted by atomic mass is 16.3. The molecule has 2 N–H and O–H groups in total. The predicted octanol–water partition coefficient (Wildman–Crippen LogP) is 3.12. The Bertz CT molecular complexity index is 707. The monoisotopic (exact) mass is 295 g/mol. The molecule has 2 aromatic carbocycles. The van der Waals surface area contributed by atoms with Crippen molar-refractivity contribution < 1.29 is 14.7 Å². The Hall–Kier alpha value is -2.72. The van der Waals surface area contributed by atoms with Gasteiger partial charge in [-0.3, -0.25) is 9.59 Å². The summed E-state index contributed by atoms with van der Waals surface area (Å²) < 4.78 is 0. The fourth-order valence-corrected chi connectivity index (χ4v) is 1.97. The number of hydrogen-bond donors (Lipinski definition) is 2. The number of Topliss-reactive ketones (excluding diaryl/α,β-unsaturated/α-hetero) is 1. The Morgan fingerprint density at radius 3 is 2.27 bits per heavy atom. The lowest BCUT2D eigenvalue weighted by molar-refractivity contribution is -0.112. The number of benzene rings is 2. The Kier molecular flexibility index (Phi) is 4.86. The molecule has 0 heterocycles. The molecule has 22 heavy (non-hydrogen) atoms. The van der Waals surface area contributed by atoms with E-state index in [1.807, 2.05) is 6.07 Å². The lowest BCUT2D eigenvalue weighted by Gasteiger charge is -2.14. The van der Waals surface area contributed by atoms with Gasteiger partial charge in [0.05, 0.1) is 5.69 Å². The lowest BCUT2D eigenvalue weighted by Crippen LogP contribution is -2.18. The quantitative estimate of drug-likeness (QED) is 0.658. The number of rotatable bonds is 5. The minimum atomic E-state index is -1.27. The smallest absolute Gasteiger partial charge is 0.250 e.